The molecule has 146 valence electrons. The molecular weight excluding hydrogens is 350 g/mol. The van der Waals surface area contributed by atoms with Gasteiger partial charge in [-0.2, -0.15) is 5.06 Å². The van der Waals surface area contributed by atoms with Crippen LogP contribution < -0.4 is 10.4 Å². The molecule has 0 unspecified atom stereocenters. The van der Waals surface area contributed by atoms with Crippen molar-refractivity contribution in [3.8, 4) is 0 Å². The number of hydrogen-bond acceptors (Lipinski definition) is 3. The molecule has 27 heavy (non-hydrogen) atoms. The summed E-state index contributed by atoms with van der Waals surface area (Å²) in [6.07, 6.45) is 3.05. The van der Waals surface area contributed by atoms with Crippen LogP contribution in [0.25, 0.3) is 0 Å². The van der Waals surface area contributed by atoms with Crippen molar-refractivity contribution in [3.63, 3.8) is 0 Å². The Morgan fingerprint density at radius 3 is 1.96 bits per heavy atom. The predicted octanol–water partition coefficient (Wildman–Crippen LogP) is 4.20. The van der Waals surface area contributed by atoms with E-state index in [9.17, 15) is 5.21 Å². The summed E-state index contributed by atoms with van der Waals surface area (Å²) in [5, 5.41) is 14.2. The zero-order chi connectivity index (χ0) is 19.5. The molecule has 0 amide bonds. The van der Waals surface area contributed by atoms with Crippen LogP contribution in [0, 0.1) is 0 Å². The quantitative estimate of drug-likeness (QED) is 0.759. The van der Waals surface area contributed by atoms with E-state index in [1.807, 2.05) is 0 Å². The molecule has 1 aliphatic rings. The van der Waals surface area contributed by atoms with Crippen molar-refractivity contribution in [2.75, 3.05) is 6.54 Å². The Morgan fingerprint density at radius 2 is 1.56 bits per heavy atom. The fourth-order valence-corrected chi connectivity index (χ4v) is 9.20. The van der Waals surface area contributed by atoms with E-state index >= 15 is 0 Å². The van der Waals surface area contributed by atoms with E-state index in [-0.39, 0.29) is 17.2 Å². The lowest BCUT2D eigenvalue weighted by atomic mass is 10.1. The predicted molar refractivity (Wildman–Crippen MR) is 114 cm³/mol. The zero-order valence-electron chi connectivity index (χ0n) is 17.1. The number of nitrogens with zero attached hydrogens (tertiary/aromatic N) is 1. The van der Waals surface area contributed by atoms with Crippen molar-refractivity contribution in [3.05, 3.63) is 60.7 Å². The Morgan fingerprint density at radius 1 is 1.04 bits per heavy atom. The largest absolute Gasteiger partial charge is 0.405 e. The third kappa shape index (κ3) is 4.19. The molecule has 1 fully saturated rings. The molecule has 3 rings (SSSR count). The molecule has 0 aliphatic carbocycles. The minimum atomic E-state index is -2.51. The smallest absolute Gasteiger partial charge is 0.261 e. The topological polar surface area (TPSA) is 32.7 Å². The Hall–Kier alpha value is -1.46. The Kier molecular flexibility index (Phi) is 6.21. The van der Waals surface area contributed by atoms with Crippen LogP contribution in [0.15, 0.2) is 60.7 Å². The monoisotopic (exact) mass is 383 g/mol. The van der Waals surface area contributed by atoms with Crippen LogP contribution in [0.4, 0.5) is 0 Å². The van der Waals surface area contributed by atoms with Crippen molar-refractivity contribution in [1.29, 1.82) is 0 Å². The maximum Gasteiger partial charge on any atom is 0.261 e. The summed E-state index contributed by atoms with van der Waals surface area (Å²) in [5.41, 5.74) is 0. The van der Waals surface area contributed by atoms with E-state index in [4.69, 9.17) is 4.43 Å². The molecule has 0 radical (unpaired) electrons. The van der Waals surface area contributed by atoms with Gasteiger partial charge < -0.3 is 9.63 Å². The molecular formula is C23H33NO2Si. The average molecular weight is 384 g/mol. The highest BCUT2D eigenvalue weighted by Crippen LogP contribution is 2.38. The molecule has 1 N–H and O–H groups in total. The fourth-order valence-electron chi connectivity index (χ4n) is 4.48. The first kappa shape index (κ1) is 20.3. The Labute approximate surface area is 165 Å². The molecule has 3 nitrogen and oxygen atoms in total. The SMILES string of the molecule is C[C@@H](C[C@H]1CCCN1O)O[Si](c1ccccc1)(c1ccccc1)C(C)(C)C. The number of benzene rings is 2. The third-order valence-corrected chi connectivity index (χ3v) is 10.9. The minimum absolute atomic E-state index is 0.0153. The van der Waals surface area contributed by atoms with Crippen molar-refractivity contribution >= 4 is 18.7 Å². The summed E-state index contributed by atoms with van der Waals surface area (Å²) in [4.78, 5) is 0. The first-order valence-electron chi connectivity index (χ1n) is 10.1. The van der Waals surface area contributed by atoms with Gasteiger partial charge in [0.05, 0.1) is 0 Å². The molecule has 4 heteroatoms. The van der Waals surface area contributed by atoms with Gasteiger partial charge in [-0.05, 0) is 41.6 Å². The van der Waals surface area contributed by atoms with Gasteiger partial charge >= 0.3 is 0 Å². The van der Waals surface area contributed by atoms with Crippen LogP contribution in [0.2, 0.25) is 5.04 Å². The van der Waals surface area contributed by atoms with Crippen LogP contribution in [0.3, 0.4) is 0 Å². The maximum absolute atomic E-state index is 10.1. The molecule has 2 aromatic rings. The van der Waals surface area contributed by atoms with E-state index in [1.165, 1.54) is 15.4 Å². The summed E-state index contributed by atoms with van der Waals surface area (Å²) in [5.74, 6) is 0. The minimum Gasteiger partial charge on any atom is -0.405 e. The summed E-state index contributed by atoms with van der Waals surface area (Å²) in [6.45, 7) is 9.86. The van der Waals surface area contributed by atoms with Crippen molar-refractivity contribution in [2.24, 2.45) is 0 Å². The van der Waals surface area contributed by atoms with Crippen molar-refractivity contribution in [1.82, 2.24) is 5.06 Å². The van der Waals surface area contributed by atoms with Crippen LogP contribution in [0.5, 0.6) is 0 Å². The first-order chi connectivity index (χ1) is 12.8. The molecule has 2 atom stereocenters. The first-order valence-corrected chi connectivity index (χ1v) is 12.0. The number of hydrogen-bond donors (Lipinski definition) is 1. The molecule has 0 spiro atoms. The highest BCUT2D eigenvalue weighted by atomic mass is 28.4. The standard InChI is InChI=1S/C23H33NO2Si/c1-19(18-20-12-11-17-24(20)25)26-27(23(2,3)4,21-13-7-5-8-14-21)22-15-9-6-10-16-22/h5-10,13-16,19-20,25H,11-12,17-18H2,1-4H3/t19-,20+/m0/s1. The maximum atomic E-state index is 10.1. The van der Waals surface area contributed by atoms with E-state index in [2.05, 4.69) is 88.4 Å². The normalized spacial score (nSPS) is 20.0. The molecule has 1 saturated heterocycles. The fraction of sp³-hybridized carbons (Fsp3) is 0.478. The summed E-state index contributed by atoms with van der Waals surface area (Å²) >= 11 is 0. The summed E-state index contributed by atoms with van der Waals surface area (Å²) < 4.78 is 7.09. The van der Waals surface area contributed by atoms with Gasteiger partial charge in [0.1, 0.15) is 0 Å². The molecule has 0 aromatic heterocycles. The Balaban J connectivity index is 2.01. The summed E-state index contributed by atoms with van der Waals surface area (Å²) in [7, 11) is -2.51. The van der Waals surface area contributed by atoms with Crippen LogP contribution in [0.1, 0.15) is 47.0 Å². The van der Waals surface area contributed by atoms with E-state index in [0.29, 0.717) is 0 Å². The van der Waals surface area contributed by atoms with Crippen molar-refractivity contribution in [2.45, 2.75) is 64.1 Å². The zero-order valence-corrected chi connectivity index (χ0v) is 18.1. The number of hydroxylamine groups is 2. The van der Waals surface area contributed by atoms with E-state index in [1.54, 1.807) is 0 Å². The lowest BCUT2D eigenvalue weighted by molar-refractivity contribution is -0.109. The van der Waals surface area contributed by atoms with Gasteiger partial charge in [-0.1, -0.05) is 81.4 Å². The van der Waals surface area contributed by atoms with Gasteiger partial charge in [0.2, 0.25) is 0 Å². The van der Waals surface area contributed by atoms with Crippen LogP contribution in [-0.4, -0.2) is 37.3 Å². The van der Waals surface area contributed by atoms with Gasteiger partial charge in [-0.3, -0.25) is 0 Å². The van der Waals surface area contributed by atoms with E-state index < -0.39 is 8.32 Å². The third-order valence-electron chi connectivity index (χ3n) is 5.74. The van der Waals surface area contributed by atoms with Gasteiger partial charge in [-0.25, -0.2) is 0 Å². The van der Waals surface area contributed by atoms with E-state index in [0.717, 1.165) is 25.8 Å². The highest BCUT2D eigenvalue weighted by molar-refractivity contribution is 6.99. The lowest BCUT2D eigenvalue weighted by Crippen LogP contribution is -2.67. The second-order valence-corrected chi connectivity index (χ2v) is 13.0. The second-order valence-electron chi connectivity index (χ2n) is 8.79. The van der Waals surface area contributed by atoms with Gasteiger partial charge in [0, 0.05) is 18.7 Å². The molecule has 1 heterocycles. The molecule has 0 bridgehead atoms. The second kappa shape index (κ2) is 8.27. The summed E-state index contributed by atoms with van der Waals surface area (Å²) in [6, 6.07) is 21.7. The lowest BCUT2D eigenvalue weighted by Gasteiger charge is -2.45. The molecule has 2 aromatic carbocycles. The molecule has 1 aliphatic heterocycles. The Bertz CT molecular complexity index is 675. The van der Waals surface area contributed by atoms with Gasteiger partial charge in [0.25, 0.3) is 8.32 Å². The van der Waals surface area contributed by atoms with Crippen molar-refractivity contribution < 1.29 is 9.63 Å². The highest BCUT2D eigenvalue weighted by Gasteiger charge is 2.51. The van der Waals surface area contributed by atoms with Crippen LogP contribution >= 0.6 is 0 Å². The van der Waals surface area contributed by atoms with Crippen LogP contribution in [-0.2, 0) is 4.43 Å². The molecule has 0 saturated carbocycles. The van der Waals surface area contributed by atoms with Gasteiger partial charge in [0.15, 0.2) is 0 Å². The van der Waals surface area contributed by atoms with Gasteiger partial charge in [-0.15, -0.1) is 0 Å². The number of rotatable bonds is 6. The average Bonchev–Trinajstić information content (AvgIpc) is 3.04.